The van der Waals surface area contributed by atoms with Gasteiger partial charge in [-0.2, -0.15) is 4.98 Å². The number of likely N-dealkylation sites (tertiary alicyclic amines) is 1. The number of hydrogen-bond donors (Lipinski definition) is 3. The summed E-state index contributed by atoms with van der Waals surface area (Å²) in [6.07, 6.45) is 2.15. The van der Waals surface area contributed by atoms with Gasteiger partial charge < -0.3 is 26.0 Å². The van der Waals surface area contributed by atoms with Gasteiger partial charge in [-0.15, -0.1) is 0 Å². The molecule has 1 saturated heterocycles. The van der Waals surface area contributed by atoms with E-state index in [0.29, 0.717) is 30.4 Å². The molecule has 1 atom stereocenters. The minimum atomic E-state index is -0.309. The van der Waals surface area contributed by atoms with E-state index < -0.39 is 0 Å². The average molecular weight is 432 g/mol. The van der Waals surface area contributed by atoms with E-state index in [-0.39, 0.29) is 29.2 Å². The number of nitrogens with zero attached hydrogens (tertiary/aromatic N) is 3. The third-order valence-corrected chi connectivity index (χ3v) is 5.25. The molecular weight excluding hydrogens is 408 g/mol. The Morgan fingerprint density at radius 3 is 2.59 bits per heavy atom. The molecule has 9 nitrogen and oxygen atoms in total. The van der Waals surface area contributed by atoms with E-state index in [1.165, 1.54) is 13.3 Å². The highest BCUT2D eigenvalue weighted by molar-refractivity contribution is 6.13. The molecule has 4 rings (SSSR count). The molecule has 0 spiro atoms. The van der Waals surface area contributed by atoms with Crippen LogP contribution >= 0.6 is 0 Å². The minimum Gasteiger partial charge on any atom is -0.496 e. The highest BCUT2D eigenvalue weighted by Crippen LogP contribution is 2.24. The van der Waals surface area contributed by atoms with Gasteiger partial charge >= 0.3 is 6.03 Å². The molecular formula is C23H24N6O3. The lowest BCUT2D eigenvalue weighted by atomic mass is 10.0. The first kappa shape index (κ1) is 21.1. The Labute approximate surface area is 185 Å². The zero-order chi connectivity index (χ0) is 22.5. The number of nitrogens with one attached hydrogen (secondary N) is 2. The zero-order valence-electron chi connectivity index (χ0n) is 17.6. The van der Waals surface area contributed by atoms with Gasteiger partial charge in [-0.25, -0.2) is 9.78 Å². The van der Waals surface area contributed by atoms with Gasteiger partial charge in [0.2, 0.25) is 11.7 Å². The van der Waals surface area contributed by atoms with Crippen LogP contribution in [0.25, 0.3) is 0 Å². The number of urea groups is 1. The first-order chi connectivity index (χ1) is 15.5. The lowest BCUT2D eigenvalue weighted by Crippen LogP contribution is -2.35. The Hall–Kier alpha value is -4.14. The van der Waals surface area contributed by atoms with Crippen molar-refractivity contribution in [2.75, 3.05) is 36.6 Å². The van der Waals surface area contributed by atoms with Crippen LogP contribution in [0.5, 0.6) is 5.75 Å². The van der Waals surface area contributed by atoms with Crippen molar-refractivity contribution in [2.24, 2.45) is 0 Å². The monoisotopic (exact) mass is 432 g/mol. The highest BCUT2D eigenvalue weighted by Gasteiger charge is 2.27. The van der Waals surface area contributed by atoms with Crippen molar-refractivity contribution in [1.82, 2.24) is 14.9 Å². The Morgan fingerprint density at radius 2 is 1.84 bits per heavy atom. The average Bonchev–Trinajstić information content (AvgIpc) is 3.28. The van der Waals surface area contributed by atoms with E-state index in [9.17, 15) is 9.59 Å². The SMILES string of the molecule is COc1ccccc1C(=O)c1cnc(NC2CCN(C(=O)Nc3ccccc3)C2)nc1N. The summed E-state index contributed by atoms with van der Waals surface area (Å²) in [5.41, 5.74) is 7.40. The summed E-state index contributed by atoms with van der Waals surface area (Å²) in [6, 6.07) is 16.1. The standard InChI is InChI=1S/C23H24N6O3/c1-32-19-10-6-5-9-17(19)20(30)18-13-25-22(28-21(18)24)26-16-11-12-29(14-16)23(31)27-15-7-3-2-4-8-15/h2-10,13,16H,11-12,14H2,1H3,(H,27,31)(H3,24,25,26,28). The number of methoxy groups -OCH3 is 1. The Balaban J connectivity index is 1.39. The summed E-state index contributed by atoms with van der Waals surface area (Å²) in [5, 5.41) is 6.08. The quantitative estimate of drug-likeness (QED) is 0.512. The normalized spacial score (nSPS) is 15.3. The van der Waals surface area contributed by atoms with Crippen LogP contribution in [0.15, 0.2) is 60.8 Å². The number of hydrogen-bond acceptors (Lipinski definition) is 7. The molecule has 0 saturated carbocycles. The van der Waals surface area contributed by atoms with E-state index in [1.54, 1.807) is 29.2 Å². The summed E-state index contributed by atoms with van der Waals surface area (Å²) < 4.78 is 5.25. The number of nitrogens with two attached hydrogens (primary N) is 1. The van der Waals surface area contributed by atoms with Gasteiger partial charge in [0, 0.05) is 31.0 Å². The number of carbonyl (C=O) groups excluding carboxylic acids is 2. The Morgan fingerprint density at radius 1 is 1.09 bits per heavy atom. The van der Waals surface area contributed by atoms with Crippen molar-refractivity contribution in [3.8, 4) is 5.75 Å². The lowest BCUT2D eigenvalue weighted by Gasteiger charge is -2.18. The smallest absolute Gasteiger partial charge is 0.321 e. The summed E-state index contributed by atoms with van der Waals surface area (Å²) in [7, 11) is 1.50. The molecule has 0 aliphatic carbocycles. The first-order valence-electron chi connectivity index (χ1n) is 10.2. The lowest BCUT2D eigenvalue weighted by molar-refractivity contribution is 0.103. The molecule has 4 N–H and O–H groups in total. The molecule has 9 heteroatoms. The molecule has 1 aliphatic heterocycles. The van der Waals surface area contributed by atoms with Crippen LogP contribution in [-0.2, 0) is 0 Å². The van der Waals surface area contributed by atoms with Crippen LogP contribution in [0.2, 0.25) is 0 Å². The molecule has 1 aliphatic rings. The number of para-hydroxylation sites is 2. The second-order valence-corrected chi connectivity index (χ2v) is 7.39. The zero-order valence-corrected chi connectivity index (χ0v) is 17.6. The van der Waals surface area contributed by atoms with Crippen LogP contribution in [0, 0.1) is 0 Å². The van der Waals surface area contributed by atoms with Crippen LogP contribution in [0.1, 0.15) is 22.3 Å². The fraction of sp³-hybridized carbons (Fsp3) is 0.217. The summed E-state index contributed by atoms with van der Waals surface area (Å²) in [6.45, 7) is 1.11. The number of ether oxygens (including phenoxy) is 1. The van der Waals surface area contributed by atoms with Crippen LogP contribution in [-0.4, -0.2) is 52.9 Å². The van der Waals surface area contributed by atoms with Gasteiger partial charge in [-0.3, -0.25) is 4.79 Å². The van der Waals surface area contributed by atoms with E-state index in [4.69, 9.17) is 10.5 Å². The summed E-state index contributed by atoms with van der Waals surface area (Å²) >= 11 is 0. The minimum absolute atomic E-state index is 0.0216. The van der Waals surface area contributed by atoms with Gasteiger partial charge in [-0.1, -0.05) is 30.3 Å². The van der Waals surface area contributed by atoms with E-state index >= 15 is 0 Å². The maximum Gasteiger partial charge on any atom is 0.321 e. The van der Waals surface area contributed by atoms with Crippen LogP contribution in [0.3, 0.4) is 0 Å². The number of ketones is 1. The number of amides is 2. The van der Waals surface area contributed by atoms with Gasteiger partial charge in [0.05, 0.1) is 18.2 Å². The van der Waals surface area contributed by atoms with Crippen LogP contribution in [0.4, 0.5) is 22.2 Å². The van der Waals surface area contributed by atoms with Crippen molar-refractivity contribution < 1.29 is 14.3 Å². The van der Waals surface area contributed by atoms with Crippen molar-refractivity contribution in [2.45, 2.75) is 12.5 Å². The molecule has 2 amide bonds. The third kappa shape index (κ3) is 4.61. The van der Waals surface area contributed by atoms with Crippen LogP contribution < -0.4 is 21.1 Å². The fourth-order valence-corrected chi connectivity index (χ4v) is 3.59. The maximum atomic E-state index is 12.9. The molecule has 1 aromatic heterocycles. The number of nitrogen functional groups attached to an aromatic ring is 1. The largest absolute Gasteiger partial charge is 0.496 e. The molecule has 1 unspecified atom stereocenters. The van der Waals surface area contributed by atoms with Gasteiger partial charge in [0.25, 0.3) is 0 Å². The van der Waals surface area contributed by atoms with Crippen molar-refractivity contribution in [3.05, 3.63) is 71.9 Å². The second kappa shape index (κ2) is 9.34. The van der Waals surface area contributed by atoms with Gasteiger partial charge in [0.1, 0.15) is 11.6 Å². The van der Waals surface area contributed by atoms with E-state index in [0.717, 1.165) is 12.1 Å². The second-order valence-electron chi connectivity index (χ2n) is 7.39. The summed E-state index contributed by atoms with van der Waals surface area (Å²) in [4.78, 5) is 35.6. The Kier molecular flexibility index (Phi) is 6.16. The molecule has 3 aromatic rings. The number of anilines is 3. The Bertz CT molecular complexity index is 1120. The maximum absolute atomic E-state index is 12.9. The first-order valence-corrected chi connectivity index (χ1v) is 10.2. The van der Waals surface area contributed by atoms with Crippen molar-refractivity contribution >= 4 is 29.3 Å². The summed E-state index contributed by atoms with van der Waals surface area (Å²) in [5.74, 6) is 0.541. The molecule has 0 bridgehead atoms. The van der Waals surface area contributed by atoms with E-state index in [2.05, 4.69) is 20.6 Å². The third-order valence-electron chi connectivity index (χ3n) is 5.25. The fourth-order valence-electron chi connectivity index (χ4n) is 3.59. The van der Waals surface area contributed by atoms with Crippen molar-refractivity contribution in [3.63, 3.8) is 0 Å². The molecule has 164 valence electrons. The number of rotatable bonds is 6. The molecule has 0 radical (unpaired) electrons. The number of aromatic nitrogens is 2. The van der Waals surface area contributed by atoms with Gasteiger partial charge in [0.15, 0.2) is 0 Å². The van der Waals surface area contributed by atoms with Gasteiger partial charge in [-0.05, 0) is 30.7 Å². The predicted octanol–water partition coefficient (Wildman–Crippen LogP) is 3.02. The number of carbonyl (C=O) groups is 2. The molecule has 32 heavy (non-hydrogen) atoms. The highest BCUT2D eigenvalue weighted by atomic mass is 16.5. The topological polar surface area (TPSA) is 122 Å². The predicted molar refractivity (Wildman–Crippen MR) is 122 cm³/mol. The molecule has 2 heterocycles. The molecule has 1 fully saturated rings. The number of benzene rings is 2. The molecule has 2 aromatic carbocycles. The van der Waals surface area contributed by atoms with E-state index in [1.807, 2.05) is 30.3 Å². The van der Waals surface area contributed by atoms with Crippen molar-refractivity contribution in [1.29, 1.82) is 0 Å².